The van der Waals surface area contributed by atoms with Crippen molar-refractivity contribution in [1.82, 2.24) is 4.90 Å². The third-order valence-corrected chi connectivity index (χ3v) is 4.85. The first-order valence-electron chi connectivity index (χ1n) is 8.07. The second kappa shape index (κ2) is 6.58. The predicted molar refractivity (Wildman–Crippen MR) is 84.9 cm³/mol. The lowest BCUT2D eigenvalue weighted by Crippen LogP contribution is -2.33. The Morgan fingerprint density at radius 3 is 2.71 bits per heavy atom. The summed E-state index contributed by atoms with van der Waals surface area (Å²) in [6.45, 7) is 2.86. The number of rotatable bonds is 6. The predicted octanol–water partition coefficient (Wildman–Crippen LogP) is 2.35. The fraction of sp³-hybridized carbons (Fsp3) is 0.588. The monoisotopic (exact) mass is 287 g/mol. The van der Waals surface area contributed by atoms with Crippen molar-refractivity contribution in [3.63, 3.8) is 0 Å². The van der Waals surface area contributed by atoms with Gasteiger partial charge >= 0.3 is 0 Å². The third kappa shape index (κ3) is 3.63. The van der Waals surface area contributed by atoms with Crippen LogP contribution in [0, 0.1) is 5.92 Å². The van der Waals surface area contributed by atoms with Crippen molar-refractivity contribution in [1.29, 1.82) is 0 Å². The zero-order chi connectivity index (χ0) is 14.7. The van der Waals surface area contributed by atoms with Crippen LogP contribution in [-0.4, -0.2) is 29.9 Å². The minimum absolute atomic E-state index is 0.111. The molecule has 2 aliphatic rings. The van der Waals surface area contributed by atoms with Gasteiger partial charge in [0.2, 0.25) is 5.91 Å². The number of nitrogens with zero attached hydrogens (tertiary/aromatic N) is 1. The van der Waals surface area contributed by atoms with Gasteiger partial charge in [-0.05, 0) is 55.8 Å². The first-order chi connectivity index (χ1) is 10.2. The number of carbonyl (C=O) groups is 1. The maximum atomic E-state index is 11.9. The highest BCUT2D eigenvalue weighted by atomic mass is 16.1. The second-order valence-corrected chi connectivity index (χ2v) is 6.38. The molecule has 2 unspecified atom stereocenters. The van der Waals surface area contributed by atoms with Crippen molar-refractivity contribution in [2.45, 2.75) is 44.7 Å². The number of hydrogen-bond donors (Lipinski definition) is 2. The summed E-state index contributed by atoms with van der Waals surface area (Å²) >= 11 is 0. The first-order valence-corrected chi connectivity index (χ1v) is 8.07. The molecule has 2 bridgehead atoms. The van der Waals surface area contributed by atoms with E-state index in [-0.39, 0.29) is 5.91 Å². The number of fused-ring (bicyclic) bond motifs is 2. The molecule has 0 aromatic heterocycles. The molecule has 1 heterocycles. The Kier molecular flexibility index (Phi) is 4.56. The van der Waals surface area contributed by atoms with Gasteiger partial charge in [0, 0.05) is 31.2 Å². The molecule has 3 rings (SSSR count). The van der Waals surface area contributed by atoms with E-state index in [1.165, 1.54) is 25.8 Å². The fourth-order valence-electron chi connectivity index (χ4n) is 3.69. The SMILES string of the molecule is NCc1ccc(NC(=O)CCCN2CC3CCC2C3)cc1. The number of carbonyl (C=O) groups excluding carboxylic acids is 1. The molecule has 4 heteroatoms. The highest BCUT2D eigenvalue weighted by Gasteiger charge is 2.36. The average Bonchev–Trinajstić information content (AvgIpc) is 3.11. The highest BCUT2D eigenvalue weighted by Crippen LogP contribution is 2.37. The minimum Gasteiger partial charge on any atom is -0.326 e. The van der Waals surface area contributed by atoms with Crippen molar-refractivity contribution in [2.24, 2.45) is 11.7 Å². The van der Waals surface area contributed by atoms with Gasteiger partial charge in [0.25, 0.3) is 0 Å². The Morgan fingerprint density at radius 2 is 2.10 bits per heavy atom. The summed E-state index contributed by atoms with van der Waals surface area (Å²) in [6, 6.07) is 8.55. The first kappa shape index (κ1) is 14.5. The van der Waals surface area contributed by atoms with Gasteiger partial charge in [-0.1, -0.05) is 12.1 Å². The fourth-order valence-corrected chi connectivity index (χ4v) is 3.69. The van der Waals surface area contributed by atoms with Crippen molar-refractivity contribution in [2.75, 3.05) is 18.4 Å². The zero-order valence-corrected chi connectivity index (χ0v) is 12.6. The van der Waals surface area contributed by atoms with Crippen molar-refractivity contribution >= 4 is 11.6 Å². The van der Waals surface area contributed by atoms with Crippen LogP contribution in [-0.2, 0) is 11.3 Å². The quantitative estimate of drug-likeness (QED) is 0.844. The number of anilines is 1. The Labute approximate surface area is 126 Å². The molecule has 21 heavy (non-hydrogen) atoms. The molecular weight excluding hydrogens is 262 g/mol. The van der Waals surface area contributed by atoms with Crippen LogP contribution in [0.3, 0.4) is 0 Å². The molecule has 2 fully saturated rings. The second-order valence-electron chi connectivity index (χ2n) is 6.38. The average molecular weight is 287 g/mol. The molecule has 2 atom stereocenters. The molecule has 0 radical (unpaired) electrons. The van der Waals surface area contributed by atoms with E-state index in [0.717, 1.165) is 36.2 Å². The summed E-state index contributed by atoms with van der Waals surface area (Å²) in [5.41, 5.74) is 7.50. The molecule has 1 saturated carbocycles. The summed E-state index contributed by atoms with van der Waals surface area (Å²) in [5, 5.41) is 2.95. The van der Waals surface area contributed by atoms with Crippen LogP contribution >= 0.6 is 0 Å². The van der Waals surface area contributed by atoms with Gasteiger partial charge in [0.1, 0.15) is 0 Å². The van der Waals surface area contributed by atoms with Gasteiger partial charge in [-0.15, -0.1) is 0 Å². The van der Waals surface area contributed by atoms with E-state index in [0.29, 0.717) is 13.0 Å². The van der Waals surface area contributed by atoms with Gasteiger partial charge in [-0.3, -0.25) is 4.79 Å². The van der Waals surface area contributed by atoms with Gasteiger partial charge < -0.3 is 16.0 Å². The molecule has 114 valence electrons. The molecule has 1 saturated heterocycles. The van der Waals surface area contributed by atoms with E-state index in [4.69, 9.17) is 5.73 Å². The van der Waals surface area contributed by atoms with Crippen molar-refractivity contribution in [3.8, 4) is 0 Å². The van der Waals surface area contributed by atoms with Gasteiger partial charge in [-0.2, -0.15) is 0 Å². The molecule has 1 aliphatic carbocycles. The van der Waals surface area contributed by atoms with E-state index in [2.05, 4.69) is 10.2 Å². The van der Waals surface area contributed by atoms with Crippen LogP contribution in [0.4, 0.5) is 5.69 Å². The maximum Gasteiger partial charge on any atom is 0.224 e. The number of benzene rings is 1. The van der Waals surface area contributed by atoms with Gasteiger partial charge in [-0.25, -0.2) is 0 Å². The smallest absolute Gasteiger partial charge is 0.224 e. The molecule has 1 aromatic carbocycles. The largest absolute Gasteiger partial charge is 0.326 e. The van der Waals surface area contributed by atoms with Crippen LogP contribution in [0.25, 0.3) is 0 Å². The van der Waals surface area contributed by atoms with Crippen LogP contribution in [0.5, 0.6) is 0 Å². The standard InChI is InChI=1S/C17H25N3O/c18-11-13-3-6-15(7-4-13)19-17(21)2-1-9-20-12-14-5-8-16(20)10-14/h3-4,6-7,14,16H,1-2,5,8-12,18H2,(H,19,21). The number of nitrogens with two attached hydrogens (primary N) is 1. The molecule has 1 aromatic rings. The van der Waals surface area contributed by atoms with Crippen LogP contribution in [0.1, 0.15) is 37.7 Å². The number of nitrogens with one attached hydrogen (secondary N) is 1. The van der Waals surface area contributed by atoms with Crippen molar-refractivity contribution in [3.05, 3.63) is 29.8 Å². The van der Waals surface area contributed by atoms with Gasteiger partial charge in [0.15, 0.2) is 0 Å². The van der Waals surface area contributed by atoms with Crippen molar-refractivity contribution < 1.29 is 4.79 Å². The summed E-state index contributed by atoms with van der Waals surface area (Å²) < 4.78 is 0. The topological polar surface area (TPSA) is 58.4 Å². The van der Waals surface area contributed by atoms with Crippen LogP contribution in [0.15, 0.2) is 24.3 Å². The zero-order valence-electron chi connectivity index (χ0n) is 12.6. The molecule has 0 spiro atoms. The molecule has 4 nitrogen and oxygen atoms in total. The molecule has 3 N–H and O–H groups in total. The Bertz CT molecular complexity index is 485. The van der Waals surface area contributed by atoms with Gasteiger partial charge in [0.05, 0.1) is 0 Å². The molecule has 1 amide bonds. The summed E-state index contributed by atoms with van der Waals surface area (Å²) in [4.78, 5) is 14.5. The van der Waals surface area contributed by atoms with Crippen LogP contribution in [0.2, 0.25) is 0 Å². The lowest BCUT2D eigenvalue weighted by atomic mass is 10.1. The van der Waals surface area contributed by atoms with E-state index >= 15 is 0 Å². The number of amides is 1. The Balaban J connectivity index is 1.38. The van der Waals surface area contributed by atoms with E-state index in [1.807, 2.05) is 24.3 Å². The normalized spacial score (nSPS) is 24.4. The maximum absolute atomic E-state index is 11.9. The summed E-state index contributed by atoms with van der Waals surface area (Å²) in [5.74, 6) is 1.05. The minimum atomic E-state index is 0.111. The summed E-state index contributed by atoms with van der Waals surface area (Å²) in [7, 11) is 0. The Morgan fingerprint density at radius 1 is 1.29 bits per heavy atom. The number of likely N-dealkylation sites (tertiary alicyclic amines) is 1. The van der Waals surface area contributed by atoms with E-state index < -0.39 is 0 Å². The summed E-state index contributed by atoms with van der Waals surface area (Å²) in [6.07, 6.45) is 5.73. The number of piperidine rings is 1. The van der Waals surface area contributed by atoms with E-state index in [1.54, 1.807) is 0 Å². The number of hydrogen-bond acceptors (Lipinski definition) is 3. The van der Waals surface area contributed by atoms with E-state index in [9.17, 15) is 4.79 Å². The lowest BCUT2D eigenvalue weighted by Gasteiger charge is -2.26. The highest BCUT2D eigenvalue weighted by molar-refractivity contribution is 5.90. The third-order valence-electron chi connectivity index (χ3n) is 4.85. The molecule has 1 aliphatic heterocycles. The Hall–Kier alpha value is -1.39. The van der Waals surface area contributed by atoms with Crippen LogP contribution < -0.4 is 11.1 Å². The molecular formula is C17H25N3O. The lowest BCUT2D eigenvalue weighted by molar-refractivity contribution is -0.116.